The smallest absolute Gasteiger partial charge is 0.227 e. The van der Waals surface area contributed by atoms with Crippen LogP contribution < -0.4 is 10.2 Å². The Bertz CT molecular complexity index is 439. The summed E-state index contributed by atoms with van der Waals surface area (Å²) < 4.78 is 1.21. The van der Waals surface area contributed by atoms with Crippen LogP contribution in [-0.4, -0.2) is 30.1 Å². The lowest BCUT2D eigenvalue weighted by Gasteiger charge is -2.27. The van der Waals surface area contributed by atoms with Gasteiger partial charge in [-0.1, -0.05) is 0 Å². The van der Waals surface area contributed by atoms with Crippen LogP contribution in [0.4, 0.5) is 11.8 Å². The van der Waals surface area contributed by atoms with Gasteiger partial charge < -0.3 is 10.2 Å². The van der Waals surface area contributed by atoms with Gasteiger partial charge in [0, 0.05) is 26.1 Å². The second-order valence-corrected chi connectivity index (χ2v) is 6.22. The second-order valence-electron chi connectivity index (χ2n) is 5.14. The van der Waals surface area contributed by atoms with Crippen molar-refractivity contribution >= 4 is 34.4 Å². The Balaban J connectivity index is 1.95. The van der Waals surface area contributed by atoms with Crippen LogP contribution >= 0.6 is 22.6 Å². The van der Waals surface area contributed by atoms with E-state index in [1.807, 2.05) is 7.05 Å². The summed E-state index contributed by atoms with van der Waals surface area (Å²) in [6, 6.07) is 0. The van der Waals surface area contributed by atoms with E-state index in [0.717, 1.165) is 24.9 Å². The van der Waals surface area contributed by atoms with E-state index in [1.54, 1.807) is 0 Å². The van der Waals surface area contributed by atoms with Gasteiger partial charge in [0.15, 0.2) is 0 Å². The third-order valence-corrected chi connectivity index (χ3v) is 4.77. The summed E-state index contributed by atoms with van der Waals surface area (Å²) in [5.41, 5.74) is 1.26. The van der Waals surface area contributed by atoms with E-state index in [1.165, 1.54) is 41.4 Å². The van der Waals surface area contributed by atoms with Crippen LogP contribution in [0.1, 0.15) is 43.7 Å². The minimum atomic E-state index is 0.676. The molecule has 1 aliphatic carbocycles. The number of anilines is 2. The largest absolute Gasteiger partial charge is 0.372 e. The highest BCUT2D eigenvalue weighted by Gasteiger charge is 2.30. The quantitative estimate of drug-likeness (QED) is 0.844. The Labute approximate surface area is 122 Å². The Morgan fingerprint density at radius 3 is 2.50 bits per heavy atom. The molecule has 0 bridgehead atoms. The summed E-state index contributed by atoms with van der Waals surface area (Å²) >= 11 is 2.38. The molecule has 98 valence electrons. The first kappa shape index (κ1) is 12.4. The number of halogens is 1. The minimum Gasteiger partial charge on any atom is -0.372 e. The van der Waals surface area contributed by atoms with Crippen molar-refractivity contribution in [3.05, 3.63) is 9.26 Å². The van der Waals surface area contributed by atoms with Crippen molar-refractivity contribution in [2.24, 2.45) is 0 Å². The van der Waals surface area contributed by atoms with Gasteiger partial charge in [-0.25, -0.2) is 4.98 Å². The zero-order valence-corrected chi connectivity index (χ0v) is 12.9. The molecule has 1 saturated carbocycles. The van der Waals surface area contributed by atoms with Crippen molar-refractivity contribution in [3.8, 4) is 0 Å². The summed E-state index contributed by atoms with van der Waals surface area (Å²) in [6.07, 6.45) is 6.45. The fourth-order valence-electron chi connectivity index (χ4n) is 2.48. The predicted octanol–water partition coefficient (Wildman–Crippen LogP) is 2.99. The van der Waals surface area contributed by atoms with E-state index in [9.17, 15) is 0 Å². The minimum absolute atomic E-state index is 0.676. The summed E-state index contributed by atoms with van der Waals surface area (Å²) in [7, 11) is 1.95. The van der Waals surface area contributed by atoms with Crippen molar-refractivity contribution in [2.45, 2.75) is 38.0 Å². The second kappa shape index (κ2) is 5.19. The average molecular weight is 358 g/mol. The topological polar surface area (TPSA) is 41.1 Å². The lowest BCUT2D eigenvalue weighted by Crippen LogP contribution is -2.31. The van der Waals surface area contributed by atoms with E-state index in [0.29, 0.717) is 5.92 Å². The van der Waals surface area contributed by atoms with Crippen LogP contribution in [-0.2, 0) is 0 Å². The maximum Gasteiger partial charge on any atom is 0.227 e. The number of hydrogen-bond donors (Lipinski definition) is 1. The van der Waals surface area contributed by atoms with Crippen LogP contribution in [0.15, 0.2) is 0 Å². The van der Waals surface area contributed by atoms with Crippen molar-refractivity contribution in [3.63, 3.8) is 0 Å². The first-order valence-corrected chi connectivity index (χ1v) is 7.87. The molecule has 18 heavy (non-hydrogen) atoms. The van der Waals surface area contributed by atoms with Gasteiger partial charge in [-0.15, -0.1) is 0 Å². The molecule has 1 N–H and O–H groups in total. The molecule has 2 heterocycles. The molecule has 3 rings (SSSR count). The van der Waals surface area contributed by atoms with Crippen LogP contribution in [0.3, 0.4) is 0 Å². The van der Waals surface area contributed by atoms with Gasteiger partial charge >= 0.3 is 0 Å². The lowest BCUT2D eigenvalue weighted by molar-refractivity contribution is 0.567. The molecule has 4 nitrogen and oxygen atoms in total. The standard InChI is InChI=1S/C13H19IN4/c1-15-12-10(14)11(9-5-6-9)16-13(17-12)18-7-3-2-4-8-18/h9H,2-8H2,1H3,(H,15,16,17). The van der Waals surface area contributed by atoms with Gasteiger partial charge in [0.05, 0.1) is 9.26 Å². The summed E-state index contributed by atoms with van der Waals surface area (Å²) in [5, 5.41) is 3.21. The van der Waals surface area contributed by atoms with Gasteiger partial charge in [0.2, 0.25) is 5.95 Å². The fourth-order valence-corrected chi connectivity index (χ4v) is 3.43. The number of nitrogens with zero attached hydrogens (tertiary/aromatic N) is 3. The van der Waals surface area contributed by atoms with Crippen LogP contribution in [0.2, 0.25) is 0 Å². The third-order valence-electron chi connectivity index (χ3n) is 3.70. The van der Waals surface area contributed by atoms with Gasteiger partial charge in [-0.05, 0) is 54.7 Å². The molecule has 1 saturated heterocycles. The highest BCUT2D eigenvalue weighted by Crippen LogP contribution is 2.42. The fraction of sp³-hybridized carbons (Fsp3) is 0.692. The van der Waals surface area contributed by atoms with Crippen molar-refractivity contribution in [1.29, 1.82) is 0 Å². The van der Waals surface area contributed by atoms with Crippen molar-refractivity contribution < 1.29 is 0 Å². The van der Waals surface area contributed by atoms with Crippen LogP contribution in [0.25, 0.3) is 0 Å². The zero-order chi connectivity index (χ0) is 12.5. The molecule has 1 aliphatic heterocycles. The normalized spacial score (nSPS) is 20.0. The number of hydrogen-bond acceptors (Lipinski definition) is 4. The molecule has 0 aromatic carbocycles. The lowest BCUT2D eigenvalue weighted by atomic mass is 10.1. The zero-order valence-electron chi connectivity index (χ0n) is 10.7. The first-order chi connectivity index (χ1) is 8.79. The SMILES string of the molecule is CNc1nc(N2CCCCC2)nc(C2CC2)c1I. The molecular weight excluding hydrogens is 339 g/mol. The Hall–Kier alpha value is -0.590. The van der Waals surface area contributed by atoms with E-state index < -0.39 is 0 Å². The van der Waals surface area contributed by atoms with Gasteiger partial charge in [-0.3, -0.25) is 0 Å². The summed E-state index contributed by atoms with van der Waals surface area (Å²) in [5.74, 6) is 2.60. The van der Waals surface area contributed by atoms with Gasteiger partial charge in [0.25, 0.3) is 0 Å². The number of aromatic nitrogens is 2. The van der Waals surface area contributed by atoms with E-state index in [4.69, 9.17) is 4.98 Å². The molecule has 0 spiro atoms. The summed E-state index contributed by atoms with van der Waals surface area (Å²) in [6.45, 7) is 2.21. The molecular formula is C13H19IN4. The molecule has 2 aliphatic rings. The van der Waals surface area contributed by atoms with Crippen LogP contribution in [0, 0.1) is 3.57 Å². The highest BCUT2D eigenvalue weighted by atomic mass is 127. The van der Waals surface area contributed by atoms with Crippen molar-refractivity contribution in [1.82, 2.24) is 9.97 Å². The maximum atomic E-state index is 4.83. The summed E-state index contributed by atoms with van der Waals surface area (Å²) in [4.78, 5) is 11.9. The highest BCUT2D eigenvalue weighted by molar-refractivity contribution is 14.1. The Morgan fingerprint density at radius 1 is 1.17 bits per heavy atom. The molecule has 1 aromatic rings. The average Bonchev–Trinajstić information content (AvgIpc) is 3.24. The van der Waals surface area contributed by atoms with Crippen LogP contribution in [0.5, 0.6) is 0 Å². The Morgan fingerprint density at radius 2 is 1.89 bits per heavy atom. The maximum absolute atomic E-state index is 4.83. The van der Waals surface area contributed by atoms with E-state index in [2.05, 4.69) is 37.8 Å². The van der Waals surface area contributed by atoms with Crippen molar-refractivity contribution in [2.75, 3.05) is 30.4 Å². The molecule has 0 radical (unpaired) electrons. The van der Waals surface area contributed by atoms with E-state index in [-0.39, 0.29) is 0 Å². The molecule has 1 aromatic heterocycles. The van der Waals surface area contributed by atoms with Gasteiger partial charge in [-0.2, -0.15) is 4.98 Å². The predicted molar refractivity (Wildman–Crippen MR) is 82.3 cm³/mol. The molecule has 0 atom stereocenters. The third kappa shape index (κ3) is 2.41. The molecule has 2 fully saturated rings. The molecule has 0 unspecified atom stereocenters. The number of rotatable bonds is 3. The van der Waals surface area contributed by atoms with E-state index >= 15 is 0 Å². The Kier molecular flexibility index (Phi) is 3.59. The number of nitrogens with one attached hydrogen (secondary N) is 1. The molecule has 5 heteroatoms. The first-order valence-electron chi connectivity index (χ1n) is 6.79. The molecule has 0 amide bonds. The monoisotopic (exact) mass is 358 g/mol. The van der Waals surface area contributed by atoms with Gasteiger partial charge in [0.1, 0.15) is 5.82 Å². The number of piperidine rings is 1.